The largest absolute Gasteiger partial charge is 0.456 e. The van der Waals surface area contributed by atoms with Gasteiger partial charge < -0.3 is 31.8 Å². The Kier molecular flexibility index (Phi) is 17.8. The molecule has 0 bridgehead atoms. The second-order valence-electron chi connectivity index (χ2n) is 38.7. The Bertz CT molecular complexity index is 10000. The Labute approximate surface area is 836 Å². The average Bonchev–Trinajstić information content (AvgIpc) is 1.58. The Morgan fingerprint density at radius 3 is 0.685 bits per heavy atom. The molecule has 9 aromatic heterocycles. The molecule has 0 aliphatic rings. The van der Waals surface area contributed by atoms with Gasteiger partial charge in [0.25, 0.3) is 0 Å². The van der Waals surface area contributed by atoms with Gasteiger partial charge in [-0.15, -0.1) is 0 Å². The van der Waals surface area contributed by atoms with Gasteiger partial charge in [0.2, 0.25) is 0 Å². The molecule has 10 heteroatoms. The minimum Gasteiger partial charge on any atom is -0.456 e. The summed E-state index contributed by atoms with van der Waals surface area (Å²) in [6.45, 7) is 0. The predicted molar refractivity (Wildman–Crippen MR) is 608 cm³/mol. The number of para-hydroxylation sites is 10. The van der Waals surface area contributed by atoms with Crippen molar-refractivity contribution >= 4 is 175 Å². The summed E-state index contributed by atoms with van der Waals surface area (Å²) in [7, 11) is 0. The normalized spacial score (nSPS) is 12.1. The van der Waals surface area contributed by atoms with E-state index in [0.29, 0.717) is 5.82 Å². The maximum Gasteiger partial charge on any atom is 0.162 e. The number of furan rings is 1. The number of rotatable bonds is 14. The van der Waals surface area contributed by atoms with Crippen molar-refractivity contribution < 1.29 is 4.42 Å². The summed E-state index contributed by atoms with van der Waals surface area (Å²) >= 11 is 0. The van der Waals surface area contributed by atoms with Crippen LogP contribution in [0.3, 0.4) is 0 Å². The van der Waals surface area contributed by atoms with E-state index in [1.165, 1.54) is 65.2 Å². The van der Waals surface area contributed by atoms with Gasteiger partial charge in [-0.2, -0.15) is 0 Å². The van der Waals surface area contributed by atoms with Crippen molar-refractivity contribution in [1.82, 2.24) is 41.9 Å². The summed E-state index contributed by atoms with van der Waals surface area (Å²) in [4.78, 5) is 11.8. The zero-order valence-corrected chi connectivity index (χ0v) is 78.9. The van der Waals surface area contributed by atoms with Gasteiger partial charge >= 0.3 is 0 Å². The third-order valence-corrected chi connectivity index (χ3v) is 30.7. The SMILES string of the molecule is c1ccc(-n2c3ccccc3c3cc(-c4ccc5c(c4)c4cc(-c6ccc7c(c6)c6ccccc6n7-c6ccccc6)ccc4n5-c4cccc(-c5cc(-n6c7ccccc7c7cc(-c8ccc9oc%10ccccc%10c9c8)ccc76)nc(-c6cccc(-n7c8ccc(-c9ccc%10c(c9)c9ccccc9n%10-c9ccccc9)cc8c8cc(-c9ccc%10c(c9)c9ccccc9n%10-c9ccccc9)ccc87)c6)n5)c4)ccc32)cc1. The molecular weight excluding hydrogens is 1780 g/mol. The van der Waals surface area contributed by atoms with E-state index in [4.69, 9.17) is 14.4 Å². The molecule has 10 nitrogen and oxygen atoms in total. The van der Waals surface area contributed by atoms with Crippen LogP contribution >= 0.6 is 0 Å². The highest BCUT2D eigenvalue weighted by Gasteiger charge is 2.27. The van der Waals surface area contributed by atoms with Gasteiger partial charge in [-0.05, 0) is 286 Å². The fraction of sp³-hybridized carbons (Fsp3) is 0. The third-order valence-electron chi connectivity index (χ3n) is 30.7. The van der Waals surface area contributed by atoms with Crippen LogP contribution in [0.2, 0.25) is 0 Å². The molecular formula is C136H83N9O. The molecule has 0 saturated heterocycles. The standard InChI is InChI=1S/C136H83N9O/c1-5-29-96(30-6-1)139-119-45-19-13-39-102(119)108-73-84(51-61-124(108)139)89-55-65-128-113(78-89)114-79-90(85-52-62-125-109(74-85)103-40-14-20-46-120(103)140(125)97-31-7-2-8-32-97)56-66-129(114)143(128)100-37-25-27-94(71-100)118-83-135(145-123-49-23-17-43-106(123)112-77-88(59-69-132(112)145)93-60-70-134-117(82-93)107-44-18-24-50-133(107)146-134)138-136(137-118)95-28-26-38-101(72-95)144-130-67-57-91(86-53-63-126-110(75-86)104-41-15-21-47-121(104)141(126)98-33-9-3-10-34-98)80-115(130)116-81-92(58-68-131(116)144)87-54-64-127-111(76-87)105-42-16-22-48-122(105)142(127)99-35-11-4-12-36-99/h1-83H. The summed E-state index contributed by atoms with van der Waals surface area (Å²) in [6.07, 6.45) is 0. The quantitative estimate of drug-likeness (QED) is 0.109. The molecule has 0 aliphatic carbocycles. The number of fused-ring (bicyclic) bond motifs is 24. The van der Waals surface area contributed by atoms with E-state index in [9.17, 15) is 0 Å². The van der Waals surface area contributed by atoms with Crippen LogP contribution in [-0.2, 0) is 0 Å². The zero-order valence-electron chi connectivity index (χ0n) is 78.9. The molecule has 0 spiro atoms. The molecule has 0 saturated carbocycles. The average molecular weight is 1860 g/mol. The molecule has 678 valence electrons. The van der Waals surface area contributed by atoms with Crippen LogP contribution in [0, 0.1) is 0 Å². The summed E-state index contributed by atoms with van der Waals surface area (Å²) in [6, 6.07) is 185. The fourth-order valence-electron chi connectivity index (χ4n) is 24.1. The first kappa shape index (κ1) is 81.2. The highest BCUT2D eigenvalue weighted by atomic mass is 16.3. The van der Waals surface area contributed by atoms with Crippen molar-refractivity contribution in [3.05, 3.63) is 504 Å². The number of hydrogen-bond acceptors (Lipinski definition) is 3. The number of hydrogen-bond donors (Lipinski definition) is 0. The lowest BCUT2D eigenvalue weighted by Crippen LogP contribution is -2.03. The molecule has 0 N–H and O–H groups in total. The molecule has 0 atom stereocenters. The van der Waals surface area contributed by atoms with Crippen molar-refractivity contribution in [2.45, 2.75) is 0 Å². The predicted octanol–water partition coefficient (Wildman–Crippen LogP) is 35.7. The highest BCUT2D eigenvalue weighted by Crippen LogP contribution is 2.48. The smallest absolute Gasteiger partial charge is 0.162 e. The lowest BCUT2D eigenvalue weighted by Gasteiger charge is -2.15. The van der Waals surface area contributed by atoms with E-state index in [2.05, 4.69) is 523 Å². The van der Waals surface area contributed by atoms with Gasteiger partial charge in [0.1, 0.15) is 17.0 Å². The summed E-state index contributed by atoms with van der Waals surface area (Å²) in [5.41, 5.74) is 37.8. The van der Waals surface area contributed by atoms with E-state index in [1.54, 1.807) is 0 Å². The van der Waals surface area contributed by atoms with E-state index < -0.39 is 0 Å². The molecule has 31 aromatic rings. The first-order chi connectivity index (χ1) is 72.4. The minimum absolute atomic E-state index is 0.578. The van der Waals surface area contributed by atoms with E-state index in [1.807, 2.05) is 12.1 Å². The van der Waals surface area contributed by atoms with E-state index >= 15 is 0 Å². The molecule has 0 unspecified atom stereocenters. The maximum absolute atomic E-state index is 6.39. The number of aromatic nitrogens is 9. The Morgan fingerprint density at radius 2 is 0.356 bits per heavy atom. The first-order valence-electron chi connectivity index (χ1n) is 50.0. The molecule has 146 heavy (non-hydrogen) atoms. The van der Waals surface area contributed by atoms with E-state index in [0.717, 1.165) is 222 Å². The van der Waals surface area contributed by atoms with Gasteiger partial charge in [0, 0.05) is 137 Å². The van der Waals surface area contributed by atoms with Crippen LogP contribution in [-0.4, -0.2) is 41.9 Å². The topological polar surface area (TPSA) is 73.4 Å². The monoisotopic (exact) mass is 1860 g/mol. The summed E-state index contributed by atoms with van der Waals surface area (Å²) < 4.78 is 23.2. The summed E-state index contributed by atoms with van der Waals surface area (Å²) in [5.74, 6) is 1.31. The second-order valence-corrected chi connectivity index (χ2v) is 38.7. The second kappa shape index (κ2) is 31.9. The van der Waals surface area contributed by atoms with Gasteiger partial charge in [-0.3, -0.25) is 4.57 Å². The van der Waals surface area contributed by atoms with Crippen LogP contribution < -0.4 is 0 Å². The van der Waals surface area contributed by atoms with Crippen LogP contribution in [0.1, 0.15) is 0 Å². The van der Waals surface area contributed by atoms with Gasteiger partial charge in [0.05, 0.1) is 82.9 Å². The van der Waals surface area contributed by atoms with Crippen molar-refractivity contribution in [3.63, 3.8) is 0 Å². The van der Waals surface area contributed by atoms with Crippen molar-refractivity contribution in [2.75, 3.05) is 0 Å². The van der Waals surface area contributed by atoms with Gasteiger partial charge in [-0.1, -0.05) is 267 Å². The number of benzene rings is 22. The van der Waals surface area contributed by atoms with Crippen molar-refractivity contribution in [2.24, 2.45) is 0 Å². The zero-order chi connectivity index (χ0) is 95.5. The highest BCUT2D eigenvalue weighted by molar-refractivity contribution is 6.20. The maximum atomic E-state index is 6.39. The molecule has 0 aliphatic heterocycles. The molecule has 0 fully saturated rings. The van der Waals surface area contributed by atoms with Crippen LogP contribution in [0.15, 0.2) is 508 Å². The third kappa shape index (κ3) is 12.5. The Balaban J connectivity index is 0.593. The van der Waals surface area contributed by atoms with Gasteiger partial charge in [-0.25, -0.2) is 9.97 Å². The van der Waals surface area contributed by atoms with Crippen LogP contribution in [0.4, 0.5) is 0 Å². The van der Waals surface area contributed by atoms with Crippen LogP contribution in [0.25, 0.3) is 293 Å². The van der Waals surface area contributed by atoms with Crippen LogP contribution in [0.5, 0.6) is 0 Å². The lowest BCUT2D eigenvalue weighted by atomic mass is 9.98. The number of nitrogens with zero attached hydrogens (tertiary/aromatic N) is 9. The Morgan fingerprint density at radius 1 is 0.130 bits per heavy atom. The van der Waals surface area contributed by atoms with Crippen molar-refractivity contribution in [3.8, 4) is 118 Å². The minimum atomic E-state index is 0.578. The lowest BCUT2D eigenvalue weighted by molar-refractivity contribution is 0.669. The molecule has 31 rings (SSSR count). The first-order valence-corrected chi connectivity index (χ1v) is 50.0. The molecule has 0 radical (unpaired) electrons. The molecule has 0 amide bonds. The summed E-state index contributed by atoms with van der Waals surface area (Å²) in [5, 5.41) is 18.6. The van der Waals surface area contributed by atoms with Crippen molar-refractivity contribution in [1.29, 1.82) is 0 Å². The van der Waals surface area contributed by atoms with E-state index in [-0.39, 0.29) is 0 Å². The molecule has 22 aromatic carbocycles. The Hall–Kier alpha value is -19.7. The van der Waals surface area contributed by atoms with Gasteiger partial charge in [0.15, 0.2) is 5.82 Å². The fourth-order valence-corrected chi connectivity index (χ4v) is 24.1. The molecule has 9 heterocycles.